The number of methoxy groups -OCH3 is 1. The van der Waals surface area contributed by atoms with Gasteiger partial charge in [-0.2, -0.15) is 0 Å². The van der Waals surface area contributed by atoms with Crippen LogP contribution in [0.4, 0.5) is 0 Å². The molecule has 0 spiro atoms. The fourth-order valence-electron chi connectivity index (χ4n) is 1.85. The summed E-state index contributed by atoms with van der Waals surface area (Å²) in [7, 11) is 1.70. The summed E-state index contributed by atoms with van der Waals surface area (Å²) in [5.41, 5.74) is 2.29. The van der Waals surface area contributed by atoms with Gasteiger partial charge < -0.3 is 14.5 Å². The van der Waals surface area contributed by atoms with Crippen LogP contribution >= 0.6 is 0 Å². The van der Waals surface area contributed by atoms with Crippen LogP contribution in [0.15, 0.2) is 34.9 Å². The molecular weight excluding hydrogens is 240 g/mol. The minimum Gasteiger partial charge on any atom is -0.441 e. The first-order valence-corrected chi connectivity index (χ1v) is 6.51. The molecule has 1 aromatic carbocycles. The average Bonchev–Trinajstić information content (AvgIpc) is 2.87. The Hall–Kier alpha value is -1.65. The lowest BCUT2D eigenvalue weighted by Crippen LogP contribution is -2.21. The molecule has 19 heavy (non-hydrogen) atoms. The summed E-state index contributed by atoms with van der Waals surface area (Å²) >= 11 is 0. The molecule has 2 aromatic rings. The summed E-state index contributed by atoms with van der Waals surface area (Å²) < 4.78 is 10.7. The molecule has 0 fully saturated rings. The maximum absolute atomic E-state index is 5.75. The Labute approximate surface area is 113 Å². The topological polar surface area (TPSA) is 47.3 Å². The second-order valence-electron chi connectivity index (χ2n) is 4.48. The number of aryl methyl sites for hydroxylation is 1. The Morgan fingerprint density at radius 3 is 3.00 bits per heavy atom. The van der Waals surface area contributed by atoms with E-state index in [4.69, 9.17) is 9.15 Å². The molecule has 1 aromatic heterocycles. The number of rotatable bonds is 7. The highest BCUT2D eigenvalue weighted by molar-refractivity contribution is 5.57. The highest BCUT2D eigenvalue weighted by atomic mass is 16.5. The van der Waals surface area contributed by atoms with Gasteiger partial charge >= 0.3 is 0 Å². The molecule has 0 aliphatic heterocycles. The second kappa shape index (κ2) is 7.07. The van der Waals surface area contributed by atoms with Crippen LogP contribution in [0.3, 0.4) is 0 Å². The van der Waals surface area contributed by atoms with E-state index in [9.17, 15) is 0 Å². The molecule has 0 radical (unpaired) electrons. The van der Waals surface area contributed by atoms with Gasteiger partial charge in [-0.05, 0) is 13.0 Å². The van der Waals surface area contributed by atoms with Crippen molar-refractivity contribution in [3.05, 3.63) is 41.9 Å². The zero-order valence-corrected chi connectivity index (χ0v) is 11.5. The van der Waals surface area contributed by atoms with Crippen molar-refractivity contribution in [3.63, 3.8) is 0 Å². The molecule has 0 saturated carbocycles. The lowest BCUT2D eigenvalue weighted by molar-refractivity contribution is 0.199. The van der Waals surface area contributed by atoms with E-state index in [0.29, 0.717) is 0 Å². The molecule has 1 N–H and O–H groups in total. The van der Waals surface area contributed by atoms with E-state index in [0.717, 1.165) is 43.3 Å². The zero-order valence-electron chi connectivity index (χ0n) is 11.5. The number of hydrogen-bond donors (Lipinski definition) is 1. The van der Waals surface area contributed by atoms with Crippen molar-refractivity contribution in [2.75, 3.05) is 26.8 Å². The van der Waals surface area contributed by atoms with Crippen molar-refractivity contribution in [1.29, 1.82) is 0 Å². The molecule has 0 saturated heterocycles. The Bertz CT molecular complexity index is 508. The first kappa shape index (κ1) is 13.8. The summed E-state index contributed by atoms with van der Waals surface area (Å²) in [6.07, 6.45) is 2.58. The van der Waals surface area contributed by atoms with E-state index in [1.807, 2.05) is 12.1 Å². The number of benzene rings is 1. The molecule has 102 valence electrons. The van der Waals surface area contributed by atoms with Gasteiger partial charge in [0.2, 0.25) is 0 Å². The predicted octanol–water partition coefficient (Wildman–Crippen LogP) is 2.43. The maximum atomic E-state index is 5.75. The molecule has 0 atom stereocenters. The van der Waals surface area contributed by atoms with Crippen molar-refractivity contribution < 1.29 is 9.15 Å². The smallest absolute Gasteiger partial charge is 0.196 e. The van der Waals surface area contributed by atoms with Crippen molar-refractivity contribution in [2.45, 2.75) is 13.3 Å². The third-order valence-electron chi connectivity index (χ3n) is 2.85. The van der Waals surface area contributed by atoms with Crippen molar-refractivity contribution in [2.24, 2.45) is 0 Å². The number of nitrogens with zero attached hydrogens (tertiary/aromatic N) is 1. The molecular formula is C15H20N2O2. The van der Waals surface area contributed by atoms with E-state index in [-0.39, 0.29) is 0 Å². The molecule has 1 heterocycles. The van der Waals surface area contributed by atoms with Gasteiger partial charge in [-0.1, -0.05) is 23.8 Å². The molecule has 0 bridgehead atoms. The minimum absolute atomic E-state index is 0.722. The second-order valence-corrected chi connectivity index (χ2v) is 4.48. The molecule has 4 nitrogen and oxygen atoms in total. The molecule has 0 aliphatic carbocycles. The van der Waals surface area contributed by atoms with Crippen molar-refractivity contribution >= 4 is 0 Å². The quantitative estimate of drug-likeness (QED) is 0.777. The van der Waals surface area contributed by atoms with Gasteiger partial charge in [-0.25, -0.2) is 4.98 Å². The van der Waals surface area contributed by atoms with E-state index in [1.54, 1.807) is 13.3 Å². The number of aromatic nitrogens is 1. The van der Waals surface area contributed by atoms with Gasteiger partial charge in [0.05, 0.1) is 12.8 Å². The Morgan fingerprint density at radius 1 is 1.32 bits per heavy atom. The lowest BCUT2D eigenvalue weighted by Gasteiger charge is -2.01. The largest absolute Gasteiger partial charge is 0.441 e. The number of oxazole rings is 1. The third kappa shape index (κ3) is 4.19. The van der Waals surface area contributed by atoms with Crippen LogP contribution in [-0.4, -0.2) is 31.8 Å². The first-order valence-electron chi connectivity index (χ1n) is 6.51. The molecule has 0 unspecified atom stereocenters. The molecule has 4 heteroatoms. The highest BCUT2D eigenvalue weighted by Gasteiger charge is 2.06. The van der Waals surface area contributed by atoms with Crippen LogP contribution in [0.2, 0.25) is 0 Å². The Morgan fingerprint density at radius 2 is 2.21 bits per heavy atom. The standard InChI is InChI=1S/C15H20N2O2/c1-12-4-3-5-13(10-12)14-11-17-15(19-14)6-7-16-8-9-18-2/h3-5,10-11,16H,6-9H2,1-2H3. The van der Waals surface area contributed by atoms with Crippen LogP contribution in [0.1, 0.15) is 11.5 Å². The van der Waals surface area contributed by atoms with Crippen LogP contribution in [0.5, 0.6) is 0 Å². The SMILES string of the molecule is COCCNCCc1ncc(-c2cccc(C)c2)o1. The van der Waals surface area contributed by atoms with Gasteiger partial charge in [-0.3, -0.25) is 0 Å². The van der Waals surface area contributed by atoms with E-state index in [1.165, 1.54) is 5.56 Å². The van der Waals surface area contributed by atoms with Crippen LogP contribution in [0, 0.1) is 6.92 Å². The molecule has 2 rings (SSSR count). The van der Waals surface area contributed by atoms with E-state index < -0.39 is 0 Å². The lowest BCUT2D eigenvalue weighted by atomic mass is 10.1. The fraction of sp³-hybridized carbons (Fsp3) is 0.400. The van der Waals surface area contributed by atoms with E-state index >= 15 is 0 Å². The maximum Gasteiger partial charge on any atom is 0.196 e. The molecule has 0 amide bonds. The van der Waals surface area contributed by atoms with Crippen molar-refractivity contribution in [3.8, 4) is 11.3 Å². The summed E-state index contributed by atoms with van der Waals surface area (Å²) in [6, 6.07) is 8.23. The van der Waals surface area contributed by atoms with Gasteiger partial charge in [0.25, 0.3) is 0 Å². The average molecular weight is 260 g/mol. The Balaban J connectivity index is 1.88. The summed E-state index contributed by atoms with van der Waals surface area (Å²) in [4.78, 5) is 4.30. The summed E-state index contributed by atoms with van der Waals surface area (Å²) in [6.45, 7) is 4.49. The number of ether oxygens (including phenoxy) is 1. The normalized spacial score (nSPS) is 10.8. The fourth-order valence-corrected chi connectivity index (χ4v) is 1.85. The van der Waals surface area contributed by atoms with E-state index in [2.05, 4.69) is 29.4 Å². The number of hydrogen-bond acceptors (Lipinski definition) is 4. The third-order valence-corrected chi connectivity index (χ3v) is 2.85. The monoisotopic (exact) mass is 260 g/mol. The van der Waals surface area contributed by atoms with Gasteiger partial charge in [-0.15, -0.1) is 0 Å². The van der Waals surface area contributed by atoms with Gasteiger partial charge in [0.1, 0.15) is 0 Å². The Kier molecular flexibility index (Phi) is 5.12. The number of nitrogens with one attached hydrogen (secondary N) is 1. The summed E-state index contributed by atoms with van der Waals surface area (Å²) in [5, 5.41) is 3.27. The summed E-state index contributed by atoms with van der Waals surface area (Å²) in [5.74, 6) is 1.59. The first-order chi connectivity index (χ1) is 9.29. The van der Waals surface area contributed by atoms with Gasteiger partial charge in [0, 0.05) is 32.2 Å². The van der Waals surface area contributed by atoms with Crippen LogP contribution < -0.4 is 5.32 Å². The predicted molar refractivity (Wildman–Crippen MR) is 75.1 cm³/mol. The van der Waals surface area contributed by atoms with Gasteiger partial charge in [0.15, 0.2) is 11.7 Å². The zero-order chi connectivity index (χ0) is 13.5. The minimum atomic E-state index is 0.722. The van der Waals surface area contributed by atoms with Crippen molar-refractivity contribution in [1.82, 2.24) is 10.3 Å². The molecule has 0 aliphatic rings. The van der Waals surface area contributed by atoms with Crippen LogP contribution in [0.25, 0.3) is 11.3 Å². The van der Waals surface area contributed by atoms with Crippen LogP contribution in [-0.2, 0) is 11.2 Å². The highest BCUT2D eigenvalue weighted by Crippen LogP contribution is 2.21.